The zero-order chi connectivity index (χ0) is 23.5. The summed E-state index contributed by atoms with van der Waals surface area (Å²) in [6.07, 6.45) is 1.21. The van der Waals surface area contributed by atoms with Gasteiger partial charge >= 0.3 is 0 Å². The van der Waals surface area contributed by atoms with Crippen LogP contribution in [0.2, 0.25) is 0 Å². The molecule has 0 unspecified atom stereocenters. The molecule has 0 radical (unpaired) electrons. The van der Waals surface area contributed by atoms with Gasteiger partial charge in [-0.1, -0.05) is 36.0 Å². The van der Waals surface area contributed by atoms with Crippen LogP contribution in [0, 0.1) is 10.1 Å². The van der Waals surface area contributed by atoms with Crippen LogP contribution in [-0.2, 0) is 5.75 Å². The van der Waals surface area contributed by atoms with Crippen LogP contribution in [-0.4, -0.2) is 28.8 Å². The van der Waals surface area contributed by atoms with Crippen LogP contribution >= 0.6 is 23.1 Å². The molecule has 1 N–H and O–H groups in total. The molecular formula is C23H16N4O5S2. The molecule has 4 aromatic rings. The standard InChI is InChI=1S/C23H16N4O5S2/c28-22(26-24-11-16-9-19-20(32-13-31-19)10-18(16)27(29)30)15-7-5-14(6-8-15)12-33-23-25-17-3-1-2-4-21(17)34-23/h1-11H,12-13H2,(H,26,28). The van der Waals surface area contributed by atoms with E-state index in [1.54, 1.807) is 35.2 Å². The molecule has 1 aliphatic rings. The van der Waals surface area contributed by atoms with Crippen LogP contribution in [0.5, 0.6) is 11.5 Å². The first-order valence-corrected chi connectivity index (χ1v) is 11.9. The van der Waals surface area contributed by atoms with E-state index in [4.69, 9.17) is 9.47 Å². The molecule has 2 heterocycles. The molecule has 5 rings (SSSR count). The monoisotopic (exact) mass is 492 g/mol. The molecule has 9 nitrogen and oxygen atoms in total. The molecule has 34 heavy (non-hydrogen) atoms. The maximum absolute atomic E-state index is 12.4. The lowest BCUT2D eigenvalue weighted by molar-refractivity contribution is -0.385. The highest BCUT2D eigenvalue weighted by molar-refractivity contribution is 8.00. The second kappa shape index (κ2) is 9.49. The van der Waals surface area contributed by atoms with E-state index in [1.807, 2.05) is 30.3 Å². The van der Waals surface area contributed by atoms with Crippen LogP contribution in [0.1, 0.15) is 21.5 Å². The van der Waals surface area contributed by atoms with Gasteiger partial charge in [0.05, 0.1) is 33.0 Å². The number of carbonyl (C=O) groups excluding carboxylic acids is 1. The summed E-state index contributed by atoms with van der Waals surface area (Å²) in [7, 11) is 0. The number of hydrogen-bond acceptors (Lipinski definition) is 9. The highest BCUT2D eigenvalue weighted by Gasteiger charge is 2.22. The van der Waals surface area contributed by atoms with Gasteiger partial charge in [-0.3, -0.25) is 14.9 Å². The molecule has 0 spiro atoms. The molecule has 0 atom stereocenters. The molecule has 0 saturated heterocycles. The van der Waals surface area contributed by atoms with Crippen molar-refractivity contribution in [2.45, 2.75) is 10.1 Å². The van der Waals surface area contributed by atoms with E-state index in [2.05, 4.69) is 21.6 Å². The summed E-state index contributed by atoms with van der Waals surface area (Å²) in [5.41, 5.74) is 4.86. The van der Waals surface area contributed by atoms with Gasteiger partial charge < -0.3 is 9.47 Å². The fourth-order valence-electron chi connectivity index (χ4n) is 3.24. The van der Waals surface area contributed by atoms with Crippen molar-refractivity contribution in [2.24, 2.45) is 5.10 Å². The molecule has 170 valence electrons. The van der Waals surface area contributed by atoms with Crippen molar-refractivity contribution in [3.05, 3.63) is 87.5 Å². The smallest absolute Gasteiger partial charge is 0.282 e. The van der Waals surface area contributed by atoms with Gasteiger partial charge in [0.15, 0.2) is 15.8 Å². The summed E-state index contributed by atoms with van der Waals surface area (Å²) in [5.74, 6) is 0.991. The number of carbonyl (C=O) groups is 1. The number of ether oxygens (including phenoxy) is 2. The highest BCUT2D eigenvalue weighted by Crippen LogP contribution is 2.37. The first kappa shape index (κ1) is 21.9. The minimum absolute atomic E-state index is 0.00107. The Morgan fingerprint density at radius 3 is 2.71 bits per heavy atom. The van der Waals surface area contributed by atoms with Gasteiger partial charge in [0.2, 0.25) is 6.79 Å². The van der Waals surface area contributed by atoms with Crippen LogP contribution in [0.3, 0.4) is 0 Å². The SMILES string of the molecule is O=C(NN=Cc1cc2c(cc1[N+](=O)[O-])OCO2)c1ccc(CSc2nc3ccccc3s2)cc1. The second-order valence-corrected chi connectivity index (χ2v) is 9.41. The molecule has 1 amide bonds. The molecule has 0 saturated carbocycles. The minimum Gasteiger partial charge on any atom is -0.454 e. The van der Waals surface area contributed by atoms with Gasteiger partial charge in [-0.05, 0) is 35.9 Å². The maximum Gasteiger partial charge on any atom is 0.282 e. The number of benzene rings is 3. The van der Waals surface area contributed by atoms with Crippen molar-refractivity contribution in [3.63, 3.8) is 0 Å². The van der Waals surface area contributed by atoms with Crippen molar-refractivity contribution < 1.29 is 19.2 Å². The van der Waals surface area contributed by atoms with Crippen molar-refractivity contribution in [3.8, 4) is 11.5 Å². The highest BCUT2D eigenvalue weighted by atomic mass is 32.2. The van der Waals surface area contributed by atoms with E-state index < -0.39 is 10.8 Å². The Kier molecular flexibility index (Phi) is 6.11. The lowest BCUT2D eigenvalue weighted by Crippen LogP contribution is -2.17. The van der Waals surface area contributed by atoms with Gasteiger partial charge in [-0.25, -0.2) is 10.4 Å². The number of hydrazone groups is 1. The first-order chi connectivity index (χ1) is 16.6. The average molecular weight is 493 g/mol. The normalized spacial score (nSPS) is 12.4. The number of nitrogens with one attached hydrogen (secondary N) is 1. The van der Waals surface area contributed by atoms with Crippen LogP contribution < -0.4 is 14.9 Å². The van der Waals surface area contributed by atoms with E-state index in [0.29, 0.717) is 17.1 Å². The minimum atomic E-state index is -0.545. The number of nitro groups is 1. The number of hydrogen-bond donors (Lipinski definition) is 1. The largest absolute Gasteiger partial charge is 0.454 e. The lowest BCUT2D eigenvalue weighted by Gasteiger charge is -2.03. The first-order valence-electron chi connectivity index (χ1n) is 10.1. The lowest BCUT2D eigenvalue weighted by atomic mass is 10.1. The third-order valence-electron chi connectivity index (χ3n) is 4.94. The van der Waals surface area contributed by atoms with E-state index in [9.17, 15) is 14.9 Å². The number of aromatic nitrogens is 1. The number of nitrogens with zero attached hydrogens (tertiary/aromatic N) is 3. The Labute approximate surface area is 201 Å². The van der Waals surface area contributed by atoms with E-state index >= 15 is 0 Å². The fraction of sp³-hybridized carbons (Fsp3) is 0.0870. The van der Waals surface area contributed by atoms with Gasteiger partial charge in [-0.15, -0.1) is 11.3 Å². The number of thioether (sulfide) groups is 1. The molecular weight excluding hydrogens is 476 g/mol. The molecule has 0 fully saturated rings. The van der Waals surface area contributed by atoms with Crippen LogP contribution in [0.4, 0.5) is 5.69 Å². The number of para-hydroxylation sites is 1. The van der Waals surface area contributed by atoms with Crippen molar-refractivity contribution in [1.82, 2.24) is 10.4 Å². The van der Waals surface area contributed by atoms with Crippen LogP contribution in [0.15, 0.2) is 70.1 Å². The van der Waals surface area contributed by atoms with Gasteiger partial charge in [0.1, 0.15) is 0 Å². The quantitative estimate of drug-likeness (QED) is 0.167. The zero-order valence-electron chi connectivity index (χ0n) is 17.5. The van der Waals surface area contributed by atoms with E-state index in [-0.39, 0.29) is 18.0 Å². The Bertz CT molecular complexity index is 1390. The number of fused-ring (bicyclic) bond motifs is 2. The predicted molar refractivity (Wildman–Crippen MR) is 130 cm³/mol. The molecule has 11 heteroatoms. The third-order valence-corrected chi connectivity index (χ3v) is 7.19. The summed E-state index contributed by atoms with van der Waals surface area (Å²) >= 11 is 3.30. The number of rotatable bonds is 7. The van der Waals surface area contributed by atoms with Gasteiger partial charge in [-0.2, -0.15) is 5.10 Å². The van der Waals surface area contributed by atoms with Gasteiger partial charge in [0.25, 0.3) is 11.6 Å². The summed E-state index contributed by atoms with van der Waals surface area (Å²) in [6.45, 7) is -0.00107. The second-order valence-electron chi connectivity index (χ2n) is 7.15. The van der Waals surface area contributed by atoms with E-state index in [1.165, 1.54) is 18.3 Å². The van der Waals surface area contributed by atoms with Crippen molar-refractivity contribution >= 4 is 51.1 Å². The Morgan fingerprint density at radius 2 is 1.94 bits per heavy atom. The summed E-state index contributed by atoms with van der Waals surface area (Å²) in [6, 6.07) is 17.9. The van der Waals surface area contributed by atoms with Crippen LogP contribution in [0.25, 0.3) is 10.2 Å². The van der Waals surface area contributed by atoms with Crippen molar-refractivity contribution in [2.75, 3.05) is 6.79 Å². The van der Waals surface area contributed by atoms with E-state index in [0.717, 1.165) is 25.9 Å². The Hall–Kier alpha value is -3.96. The molecule has 1 aromatic heterocycles. The third kappa shape index (κ3) is 4.70. The molecule has 0 aliphatic carbocycles. The number of nitro benzene ring substituents is 1. The predicted octanol–water partition coefficient (Wildman–Crippen LogP) is 4.99. The Balaban J connectivity index is 1.20. The zero-order valence-corrected chi connectivity index (χ0v) is 19.1. The summed E-state index contributed by atoms with van der Waals surface area (Å²) in [5, 5.41) is 15.2. The number of thiazole rings is 1. The Morgan fingerprint density at radius 1 is 1.18 bits per heavy atom. The molecule has 1 aliphatic heterocycles. The maximum atomic E-state index is 12.4. The summed E-state index contributed by atoms with van der Waals surface area (Å²) < 4.78 is 12.6. The fourth-order valence-corrected chi connectivity index (χ4v) is 5.27. The number of amides is 1. The topological polar surface area (TPSA) is 116 Å². The van der Waals surface area contributed by atoms with Gasteiger partial charge in [0, 0.05) is 11.3 Å². The molecule has 0 bridgehead atoms. The summed E-state index contributed by atoms with van der Waals surface area (Å²) in [4.78, 5) is 27.8. The molecule has 3 aromatic carbocycles. The van der Waals surface area contributed by atoms with Crippen molar-refractivity contribution in [1.29, 1.82) is 0 Å². The average Bonchev–Trinajstić information content (AvgIpc) is 3.48.